The van der Waals surface area contributed by atoms with Crippen LogP contribution in [0.15, 0.2) is 48.5 Å². The Hall–Kier alpha value is -3.20. The maximum absolute atomic E-state index is 13.8. The number of hydrogen-bond donors (Lipinski definition) is 1. The minimum atomic E-state index is -1.40. The minimum Gasteiger partial charge on any atom is -0.494 e. The lowest BCUT2D eigenvalue weighted by Crippen LogP contribution is -2.47. The van der Waals surface area contributed by atoms with Crippen molar-refractivity contribution in [3.63, 3.8) is 0 Å². The number of nitrogens with zero attached hydrogens (tertiary/aromatic N) is 2. The van der Waals surface area contributed by atoms with Gasteiger partial charge in [0.15, 0.2) is 17.3 Å². The SMILES string of the molecule is COc1cc(C(=O)CCC(O)(CN2CCC2)c2ccc(OC)c(-c3ccc(F)c(Cl)c3)n2)ccc1OC1CC1. The van der Waals surface area contributed by atoms with E-state index in [1.807, 2.05) is 0 Å². The average molecular weight is 555 g/mol. The predicted molar refractivity (Wildman–Crippen MR) is 146 cm³/mol. The molecule has 1 aliphatic heterocycles. The highest BCUT2D eigenvalue weighted by molar-refractivity contribution is 6.31. The van der Waals surface area contributed by atoms with Crippen LogP contribution in [0.25, 0.3) is 11.3 Å². The molecule has 39 heavy (non-hydrogen) atoms. The van der Waals surface area contributed by atoms with Crippen LogP contribution in [0.4, 0.5) is 4.39 Å². The molecule has 2 aromatic carbocycles. The molecule has 1 saturated carbocycles. The normalized spacial score (nSPS) is 16.7. The summed E-state index contributed by atoms with van der Waals surface area (Å²) in [5, 5.41) is 11.9. The highest BCUT2D eigenvalue weighted by Crippen LogP contribution is 2.37. The van der Waals surface area contributed by atoms with Gasteiger partial charge >= 0.3 is 0 Å². The van der Waals surface area contributed by atoms with Crippen LogP contribution in [-0.2, 0) is 5.60 Å². The van der Waals surface area contributed by atoms with Gasteiger partial charge in [-0.2, -0.15) is 0 Å². The van der Waals surface area contributed by atoms with Gasteiger partial charge in [-0.05, 0) is 87.3 Å². The van der Waals surface area contributed by atoms with Crippen LogP contribution in [0.2, 0.25) is 5.02 Å². The minimum absolute atomic E-state index is 0.0350. The number of carbonyl (C=O) groups excluding carboxylic acids is 1. The topological polar surface area (TPSA) is 81.1 Å². The van der Waals surface area contributed by atoms with Crippen molar-refractivity contribution < 1.29 is 28.5 Å². The smallest absolute Gasteiger partial charge is 0.163 e. The summed E-state index contributed by atoms with van der Waals surface area (Å²) in [6, 6.07) is 12.9. The third-order valence-electron chi connectivity index (χ3n) is 7.25. The van der Waals surface area contributed by atoms with Gasteiger partial charge in [-0.25, -0.2) is 9.37 Å². The first-order valence-electron chi connectivity index (χ1n) is 13.1. The summed E-state index contributed by atoms with van der Waals surface area (Å²) in [6.45, 7) is 2.07. The van der Waals surface area contributed by atoms with Crippen LogP contribution in [-0.4, -0.2) is 60.7 Å². The van der Waals surface area contributed by atoms with Gasteiger partial charge in [0.2, 0.25) is 0 Å². The largest absolute Gasteiger partial charge is 0.494 e. The van der Waals surface area contributed by atoms with Crippen LogP contribution in [0, 0.1) is 5.82 Å². The van der Waals surface area contributed by atoms with Crippen molar-refractivity contribution in [2.24, 2.45) is 0 Å². The van der Waals surface area contributed by atoms with Crippen molar-refractivity contribution in [1.82, 2.24) is 9.88 Å². The number of carbonyl (C=O) groups is 1. The molecule has 1 unspecified atom stereocenters. The van der Waals surface area contributed by atoms with Crippen molar-refractivity contribution in [1.29, 1.82) is 0 Å². The van der Waals surface area contributed by atoms with E-state index in [4.69, 9.17) is 30.8 Å². The second-order valence-electron chi connectivity index (χ2n) is 10.1. The Labute approximate surface area is 232 Å². The molecule has 2 fully saturated rings. The van der Waals surface area contributed by atoms with E-state index in [2.05, 4.69) is 4.90 Å². The fourth-order valence-corrected chi connectivity index (χ4v) is 4.87. The summed E-state index contributed by atoms with van der Waals surface area (Å²) < 4.78 is 30.6. The van der Waals surface area contributed by atoms with E-state index in [9.17, 15) is 14.3 Å². The van der Waals surface area contributed by atoms with E-state index in [-0.39, 0.29) is 29.8 Å². The lowest BCUT2D eigenvalue weighted by molar-refractivity contribution is -0.0279. The highest BCUT2D eigenvalue weighted by Gasteiger charge is 2.36. The quantitative estimate of drug-likeness (QED) is 0.289. The molecule has 0 bridgehead atoms. The number of rotatable bonds is 12. The van der Waals surface area contributed by atoms with Crippen molar-refractivity contribution in [2.75, 3.05) is 33.9 Å². The maximum atomic E-state index is 13.8. The Bertz CT molecular complexity index is 1360. The van der Waals surface area contributed by atoms with Gasteiger partial charge in [-0.3, -0.25) is 9.69 Å². The number of hydrogen-bond acceptors (Lipinski definition) is 7. The lowest BCUT2D eigenvalue weighted by atomic mass is 9.89. The number of Topliss-reactive ketones (excluding diaryl/α,β-unsaturated/α-hetero) is 1. The number of pyridine rings is 1. The predicted octanol–water partition coefficient (Wildman–Crippen LogP) is 5.66. The number of methoxy groups -OCH3 is 2. The molecule has 7 nitrogen and oxygen atoms in total. The Morgan fingerprint density at radius 1 is 1.08 bits per heavy atom. The Balaban J connectivity index is 1.41. The first kappa shape index (κ1) is 27.4. The molecule has 0 amide bonds. The van der Waals surface area contributed by atoms with Crippen LogP contribution in [0.3, 0.4) is 0 Å². The summed E-state index contributed by atoms with van der Waals surface area (Å²) >= 11 is 6.03. The average Bonchev–Trinajstić information content (AvgIpc) is 3.75. The molecule has 0 spiro atoms. The van der Waals surface area contributed by atoms with Gasteiger partial charge in [0.05, 0.1) is 31.0 Å². The van der Waals surface area contributed by atoms with Crippen molar-refractivity contribution in [3.8, 4) is 28.5 Å². The van der Waals surface area contributed by atoms with Gasteiger partial charge in [0, 0.05) is 24.1 Å². The van der Waals surface area contributed by atoms with E-state index in [1.165, 1.54) is 19.2 Å². The molecular formula is C30H32ClFN2O5. The number of aromatic nitrogens is 1. The third kappa shape index (κ3) is 6.19. The maximum Gasteiger partial charge on any atom is 0.163 e. The second-order valence-corrected chi connectivity index (χ2v) is 10.6. The summed E-state index contributed by atoms with van der Waals surface area (Å²) in [5.41, 5.74) is 0.485. The van der Waals surface area contributed by atoms with Crippen LogP contribution in [0.5, 0.6) is 17.2 Å². The van der Waals surface area contributed by atoms with Crippen LogP contribution < -0.4 is 14.2 Å². The molecule has 1 saturated heterocycles. The molecule has 9 heteroatoms. The first-order chi connectivity index (χ1) is 18.8. The lowest BCUT2D eigenvalue weighted by Gasteiger charge is -2.38. The molecule has 3 aromatic rings. The van der Waals surface area contributed by atoms with E-state index in [0.717, 1.165) is 32.4 Å². The van der Waals surface area contributed by atoms with Gasteiger partial charge < -0.3 is 19.3 Å². The Morgan fingerprint density at radius 3 is 2.46 bits per heavy atom. The fraction of sp³-hybridized carbons (Fsp3) is 0.400. The van der Waals surface area contributed by atoms with Gasteiger partial charge in [-0.15, -0.1) is 0 Å². The highest BCUT2D eigenvalue weighted by atomic mass is 35.5. The molecule has 2 heterocycles. The first-order valence-corrected chi connectivity index (χ1v) is 13.5. The van der Waals surface area contributed by atoms with E-state index >= 15 is 0 Å². The third-order valence-corrected chi connectivity index (χ3v) is 7.54. The van der Waals surface area contributed by atoms with E-state index < -0.39 is 11.4 Å². The number of ether oxygens (including phenoxy) is 3. The number of likely N-dealkylation sites (tertiary alicyclic amines) is 1. The number of ketones is 1. The second kappa shape index (κ2) is 11.5. The molecule has 206 valence electrons. The fourth-order valence-electron chi connectivity index (χ4n) is 4.69. The van der Waals surface area contributed by atoms with Gasteiger partial charge in [-0.1, -0.05) is 11.6 Å². The van der Waals surface area contributed by atoms with E-state index in [1.54, 1.807) is 43.5 Å². The molecular weight excluding hydrogens is 523 g/mol. The summed E-state index contributed by atoms with van der Waals surface area (Å²) in [6.07, 6.45) is 3.57. The van der Waals surface area contributed by atoms with Crippen molar-refractivity contribution in [3.05, 3.63) is 70.6 Å². The Morgan fingerprint density at radius 2 is 1.82 bits per heavy atom. The monoisotopic (exact) mass is 554 g/mol. The molecule has 5 rings (SSSR count). The standard InChI is InChI=1S/C30H32ClFN2O5/c1-37-26-10-11-28(33-29(26)20-4-8-23(32)22(31)16-20)30(36,18-34-14-3-15-34)13-12-24(35)19-5-9-25(27(17-19)38-2)39-21-6-7-21/h4-5,8-11,16-17,21,36H,3,6-7,12-15,18H2,1-2H3. The molecule has 1 aromatic heterocycles. The van der Waals surface area contributed by atoms with Crippen LogP contribution >= 0.6 is 11.6 Å². The number of halogens is 2. The van der Waals surface area contributed by atoms with Gasteiger partial charge in [0.25, 0.3) is 0 Å². The van der Waals surface area contributed by atoms with Crippen molar-refractivity contribution in [2.45, 2.75) is 43.8 Å². The zero-order valence-electron chi connectivity index (χ0n) is 22.1. The molecule has 2 aliphatic rings. The number of benzene rings is 2. The molecule has 1 N–H and O–H groups in total. The molecule has 1 aliphatic carbocycles. The zero-order chi connectivity index (χ0) is 27.6. The molecule has 1 atom stereocenters. The Kier molecular flexibility index (Phi) is 8.07. The van der Waals surface area contributed by atoms with Crippen LogP contribution in [0.1, 0.15) is 48.2 Å². The van der Waals surface area contributed by atoms with Crippen molar-refractivity contribution >= 4 is 17.4 Å². The summed E-state index contributed by atoms with van der Waals surface area (Å²) in [7, 11) is 3.07. The summed E-state index contributed by atoms with van der Waals surface area (Å²) in [4.78, 5) is 20.1. The van der Waals surface area contributed by atoms with E-state index in [0.29, 0.717) is 46.3 Å². The molecule has 0 radical (unpaired) electrons. The summed E-state index contributed by atoms with van der Waals surface area (Å²) in [5.74, 6) is 0.952. The van der Waals surface area contributed by atoms with Gasteiger partial charge in [0.1, 0.15) is 22.9 Å². The number of aliphatic hydroxyl groups is 1. The zero-order valence-corrected chi connectivity index (χ0v) is 22.8. The number of β-amino-alcohol motifs (C(OH)–C–C–N with tert-alkyl or cyclic N) is 1.